The van der Waals surface area contributed by atoms with Crippen LogP contribution in [0.4, 0.5) is 0 Å². The van der Waals surface area contributed by atoms with Gasteiger partial charge in [0.15, 0.2) is 0 Å². The molecule has 2 rings (SSSR count). The number of aliphatic carboxylic acids is 2. The average molecular weight is 480 g/mol. The number of aromatic hydroxyl groups is 1. The van der Waals surface area contributed by atoms with Gasteiger partial charge in [-0.25, -0.2) is 4.79 Å². The second-order valence-electron chi connectivity index (χ2n) is 7.91. The number of phenols is 1. The number of phenolic OH excluding ortho intramolecular Hbond substituents is 1. The van der Waals surface area contributed by atoms with Crippen molar-refractivity contribution in [1.82, 2.24) is 15.5 Å². The van der Waals surface area contributed by atoms with Crippen LogP contribution in [0.25, 0.3) is 0 Å². The van der Waals surface area contributed by atoms with Crippen molar-refractivity contribution >= 4 is 29.7 Å². The first-order valence-electron chi connectivity index (χ1n) is 10.5. The van der Waals surface area contributed by atoms with E-state index in [1.807, 2.05) is 0 Å². The minimum Gasteiger partial charge on any atom is -0.508 e. The van der Waals surface area contributed by atoms with Gasteiger partial charge in [0.25, 0.3) is 0 Å². The van der Waals surface area contributed by atoms with E-state index in [1.165, 1.54) is 24.3 Å². The molecule has 4 atom stereocenters. The van der Waals surface area contributed by atoms with Gasteiger partial charge in [0.2, 0.25) is 17.7 Å². The molecule has 1 aromatic carbocycles. The summed E-state index contributed by atoms with van der Waals surface area (Å²) < 4.78 is 0. The van der Waals surface area contributed by atoms with Crippen LogP contribution in [0.3, 0.4) is 0 Å². The lowest BCUT2D eigenvalue weighted by atomic mass is 10.0. The van der Waals surface area contributed by atoms with Crippen molar-refractivity contribution in [1.29, 1.82) is 0 Å². The Morgan fingerprint density at radius 3 is 2.21 bits per heavy atom. The number of carboxylic acid groups (broad SMARTS) is 2. The van der Waals surface area contributed by atoms with Gasteiger partial charge in [-0.05, 0) is 30.5 Å². The van der Waals surface area contributed by atoms with Crippen molar-refractivity contribution in [3.63, 3.8) is 0 Å². The number of amides is 3. The lowest BCUT2D eigenvalue weighted by Crippen LogP contribution is -2.58. The SMILES string of the molecule is NC(CO)C(=O)NC(CC(=O)O)C(=O)NC(Cc1ccc(O)cc1)C(=O)N1CCCC1C(=O)O. The van der Waals surface area contributed by atoms with Crippen LogP contribution in [0.2, 0.25) is 0 Å². The maximum absolute atomic E-state index is 13.2. The molecule has 1 saturated heterocycles. The molecule has 13 nitrogen and oxygen atoms in total. The summed E-state index contributed by atoms with van der Waals surface area (Å²) in [4.78, 5) is 62.0. The zero-order valence-corrected chi connectivity index (χ0v) is 18.2. The molecule has 0 aliphatic carbocycles. The lowest BCUT2D eigenvalue weighted by molar-refractivity contribution is -0.149. The zero-order valence-electron chi connectivity index (χ0n) is 18.2. The van der Waals surface area contributed by atoms with Crippen LogP contribution < -0.4 is 16.4 Å². The van der Waals surface area contributed by atoms with Gasteiger partial charge in [-0.15, -0.1) is 0 Å². The third-order valence-electron chi connectivity index (χ3n) is 5.36. The molecule has 186 valence electrons. The van der Waals surface area contributed by atoms with Crippen LogP contribution >= 0.6 is 0 Å². The number of carboxylic acids is 2. The van der Waals surface area contributed by atoms with Crippen molar-refractivity contribution < 1.29 is 44.4 Å². The summed E-state index contributed by atoms with van der Waals surface area (Å²) >= 11 is 0. The summed E-state index contributed by atoms with van der Waals surface area (Å²) in [5, 5.41) is 41.6. The van der Waals surface area contributed by atoms with Crippen LogP contribution in [0.5, 0.6) is 5.75 Å². The van der Waals surface area contributed by atoms with E-state index in [4.69, 9.17) is 15.9 Å². The number of likely N-dealkylation sites (tertiary alicyclic amines) is 1. The van der Waals surface area contributed by atoms with Gasteiger partial charge in [-0.1, -0.05) is 12.1 Å². The number of nitrogens with zero attached hydrogens (tertiary/aromatic N) is 1. The quantitative estimate of drug-likeness (QED) is 0.181. The summed E-state index contributed by atoms with van der Waals surface area (Å²) in [6.45, 7) is -0.570. The number of carbonyl (C=O) groups is 5. The molecular weight excluding hydrogens is 452 g/mol. The first kappa shape index (κ1) is 26.5. The molecule has 0 aromatic heterocycles. The van der Waals surface area contributed by atoms with E-state index in [2.05, 4.69) is 10.6 Å². The summed E-state index contributed by atoms with van der Waals surface area (Å²) in [6, 6.07) is 0.428. The molecule has 1 aromatic rings. The minimum atomic E-state index is -1.61. The van der Waals surface area contributed by atoms with Crippen LogP contribution in [-0.2, 0) is 30.4 Å². The Morgan fingerprint density at radius 1 is 1.03 bits per heavy atom. The normalized spacial score (nSPS) is 17.9. The van der Waals surface area contributed by atoms with E-state index in [1.54, 1.807) is 0 Å². The number of hydrogen-bond donors (Lipinski definition) is 7. The molecule has 3 amide bonds. The molecule has 1 aliphatic heterocycles. The largest absolute Gasteiger partial charge is 0.508 e. The van der Waals surface area contributed by atoms with E-state index in [0.29, 0.717) is 12.0 Å². The summed E-state index contributed by atoms with van der Waals surface area (Å²) in [5.74, 6) is -5.26. The van der Waals surface area contributed by atoms with Gasteiger partial charge in [-0.2, -0.15) is 0 Å². The first-order chi connectivity index (χ1) is 16.0. The standard InChI is InChI=1S/C21H28N4O9/c22-13(10-26)18(30)23-14(9-17(28)29)19(31)24-15(8-11-3-5-12(27)6-4-11)20(32)25-7-1-2-16(25)21(33)34/h3-6,13-16,26-27H,1-2,7-10,22H2,(H,23,30)(H,24,31)(H,28,29)(H,33,34). The van der Waals surface area contributed by atoms with Crippen LogP contribution in [-0.4, -0.2) is 92.3 Å². The Morgan fingerprint density at radius 2 is 1.65 bits per heavy atom. The summed E-state index contributed by atoms with van der Waals surface area (Å²) in [6.07, 6.45) is -0.202. The minimum absolute atomic E-state index is 0.0226. The maximum Gasteiger partial charge on any atom is 0.326 e. The van der Waals surface area contributed by atoms with Crippen molar-refractivity contribution in [2.24, 2.45) is 5.73 Å². The molecule has 0 spiro atoms. The van der Waals surface area contributed by atoms with Crippen LogP contribution in [0.1, 0.15) is 24.8 Å². The maximum atomic E-state index is 13.2. The predicted molar refractivity (Wildman–Crippen MR) is 115 cm³/mol. The molecular formula is C21H28N4O9. The second kappa shape index (κ2) is 12.0. The van der Waals surface area contributed by atoms with Gasteiger partial charge in [0.05, 0.1) is 13.0 Å². The fraction of sp³-hybridized carbons (Fsp3) is 0.476. The molecule has 1 heterocycles. The monoisotopic (exact) mass is 480 g/mol. The molecule has 8 N–H and O–H groups in total. The highest BCUT2D eigenvalue weighted by atomic mass is 16.4. The highest BCUT2D eigenvalue weighted by molar-refractivity contribution is 5.96. The molecule has 1 aliphatic rings. The van der Waals surface area contributed by atoms with Gasteiger partial charge < -0.3 is 41.7 Å². The third-order valence-corrected chi connectivity index (χ3v) is 5.36. The Labute approximate surface area is 194 Å². The van der Waals surface area contributed by atoms with Crippen LogP contribution in [0.15, 0.2) is 24.3 Å². The van der Waals surface area contributed by atoms with E-state index >= 15 is 0 Å². The molecule has 34 heavy (non-hydrogen) atoms. The van der Waals surface area contributed by atoms with E-state index in [9.17, 15) is 34.2 Å². The molecule has 0 saturated carbocycles. The van der Waals surface area contributed by atoms with Crippen molar-refractivity contribution in [3.05, 3.63) is 29.8 Å². The Bertz CT molecular complexity index is 921. The predicted octanol–water partition coefficient (Wildman–Crippen LogP) is -2.23. The number of benzene rings is 1. The topological polar surface area (TPSA) is 220 Å². The number of aliphatic hydroxyl groups excluding tert-OH is 1. The smallest absolute Gasteiger partial charge is 0.326 e. The molecule has 0 bridgehead atoms. The third kappa shape index (κ3) is 7.15. The molecule has 1 fully saturated rings. The van der Waals surface area contributed by atoms with Crippen LogP contribution in [0, 0.1) is 0 Å². The fourth-order valence-corrected chi connectivity index (χ4v) is 3.57. The Balaban J connectivity index is 2.28. The fourth-order valence-electron chi connectivity index (χ4n) is 3.57. The van der Waals surface area contributed by atoms with Gasteiger partial charge in [-0.3, -0.25) is 19.2 Å². The van der Waals surface area contributed by atoms with Gasteiger partial charge in [0, 0.05) is 13.0 Å². The second-order valence-corrected chi connectivity index (χ2v) is 7.91. The molecule has 0 radical (unpaired) electrons. The molecule has 13 heteroatoms. The van der Waals surface area contributed by atoms with E-state index in [-0.39, 0.29) is 25.1 Å². The number of carbonyl (C=O) groups excluding carboxylic acids is 3. The van der Waals surface area contributed by atoms with Crippen molar-refractivity contribution in [3.8, 4) is 5.75 Å². The number of aliphatic hydroxyl groups is 1. The lowest BCUT2D eigenvalue weighted by Gasteiger charge is -2.29. The number of nitrogens with two attached hydrogens (primary N) is 1. The Hall–Kier alpha value is -3.71. The average Bonchev–Trinajstić information content (AvgIpc) is 3.28. The zero-order chi connectivity index (χ0) is 25.4. The highest BCUT2D eigenvalue weighted by Gasteiger charge is 2.38. The highest BCUT2D eigenvalue weighted by Crippen LogP contribution is 2.20. The van der Waals surface area contributed by atoms with E-state index in [0.717, 1.165) is 4.90 Å². The van der Waals surface area contributed by atoms with Gasteiger partial charge >= 0.3 is 11.9 Å². The number of nitrogens with one attached hydrogen (secondary N) is 2. The van der Waals surface area contributed by atoms with Crippen molar-refractivity contribution in [2.45, 2.75) is 49.9 Å². The summed E-state index contributed by atoms with van der Waals surface area (Å²) in [7, 11) is 0. The Kier molecular flexibility index (Phi) is 9.33. The first-order valence-corrected chi connectivity index (χ1v) is 10.5. The number of hydrogen-bond acceptors (Lipinski definition) is 8. The van der Waals surface area contributed by atoms with Crippen molar-refractivity contribution in [2.75, 3.05) is 13.2 Å². The summed E-state index contributed by atoms with van der Waals surface area (Å²) in [5.41, 5.74) is 5.94. The van der Waals surface area contributed by atoms with Gasteiger partial charge in [0.1, 0.15) is 29.9 Å². The number of rotatable bonds is 11. The van der Waals surface area contributed by atoms with E-state index < -0.39 is 66.9 Å². The molecule has 4 unspecified atom stereocenters.